The van der Waals surface area contributed by atoms with Gasteiger partial charge in [0.05, 0.1) is 26.3 Å². The molecule has 0 aliphatic carbocycles. The van der Waals surface area contributed by atoms with Gasteiger partial charge in [-0.05, 0) is 37.4 Å². The van der Waals surface area contributed by atoms with E-state index in [0.717, 1.165) is 30.7 Å². The van der Waals surface area contributed by atoms with Gasteiger partial charge in [0.15, 0.2) is 0 Å². The molecule has 3 rings (SSSR count). The number of hydrogen-bond acceptors (Lipinski definition) is 7. The lowest BCUT2D eigenvalue weighted by molar-refractivity contribution is -0.117. The van der Waals surface area contributed by atoms with E-state index < -0.39 is 11.9 Å². The smallest absolute Gasteiger partial charge is 0.348 e. The average Bonchev–Trinajstić information content (AvgIpc) is 3.31. The number of nitrogens with zero attached hydrogens (tertiary/aromatic N) is 1. The molecule has 1 saturated heterocycles. The van der Waals surface area contributed by atoms with E-state index in [4.69, 9.17) is 9.47 Å². The van der Waals surface area contributed by atoms with Gasteiger partial charge in [0.25, 0.3) is 0 Å². The highest BCUT2D eigenvalue weighted by atomic mass is 32.1. The van der Waals surface area contributed by atoms with Crippen molar-refractivity contribution in [2.24, 2.45) is 0 Å². The van der Waals surface area contributed by atoms with E-state index >= 15 is 0 Å². The van der Waals surface area contributed by atoms with Crippen LogP contribution in [0, 0.1) is 6.92 Å². The van der Waals surface area contributed by atoms with Gasteiger partial charge < -0.3 is 14.8 Å². The van der Waals surface area contributed by atoms with Crippen molar-refractivity contribution in [1.82, 2.24) is 4.90 Å². The SMILES string of the molecule is COC(=O)c1sc(NC(=O)CN2CCCC2c2ccccc2)c(C(=O)OC)c1C. The number of benzene rings is 1. The van der Waals surface area contributed by atoms with Crippen LogP contribution in [-0.2, 0) is 14.3 Å². The second-order valence-corrected chi connectivity index (χ2v) is 7.85. The maximum atomic E-state index is 12.8. The first-order valence-corrected chi connectivity index (χ1v) is 10.2. The van der Waals surface area contributed by atoms with Gasteiger partial charge in [-0.2, -0.15) is 0 Å². The van der Waals surface area contributed by atoms with Crippen LogP contribution in [0.25, 0.3) is 0 Å². The van der Waals surface area contributed by atoms with Crippen LogP contribution in [-0.4, -0.2) is 50.1 Å². The van der Waals surface area contributed by atoms with Crippen LogP contribution in [0.1, 0.15) is 50.0 Å². The highest BCUT2D eigenvalue weighted by Crippen LogP contribution is 2.35. The Morgan fingerprint density at radius 1 is 1.14 bits per heavy atom. The van der Waals surface area contributed by atoms with Crippen LogP contribution in [0.4, 0.5) is 5.00 Å². The number of methoxy groups -OCH3 is 2. The Balaban J connectivity index is 1.78. The summed E-state index contributed by atoms with van der Waals surface area (Å²) in [4.78, 5) is 39.4. The molecule has 1 unspecified atom stereocenters. The topological polar surface area (TPSA) is 84.9 Å². The lowest BCUT2D eigenvalue weighted by Crippen LogP contribution is -2.33. The maximum absolute atomic E-state index is 12.8. The lowest BCUT2D eigenvalue weighted by atomic mass is 10.0. The molecule has 0 saturated carbocycles. The van der Waals surface area contributed by atoms with Crippen LogP contribution in [0.3, 0.4) is 0 Å². The van der Waals surface area contributed by atoms with Crippen molar-refractivity contribution in [3.05, 3.63) is 51.9 Å². The van der Waals surface area contributed by atoms with E-state index in [9.17, 15) is 14.4 Å². The summed E-state index contributed by atoms with van der Waals surface area (Å²) in [5.41, 5.74) is 1.81. The second-order valence-electron chi connectivity index (χ2n) is 6.83. The van der Waals surface area contributed by atoms with Crippen molar-refractivity contribution in [2.75, 3.05) is 32.6 Å². The van der Waals surface area contributed by atoms with Gasteiger partial charge in [-0.25, -0.2) is 9.59 Å². The molecular formula is C21H24N2O5S. The largest absolute Gasteiger partial charge is 0.465 e. The van der Waals surface area contributed by atoms with E-state index in [1.807, 2.05) is 18.2 Å². The summed E-state index contributed by atoms with van der Waals surface area (Å²) >= 11 is 1.02. The standard InChI is InChI=1S/C21H24N2O5S/c1-13-17(20(25)27-2)19(29-18(13)21(26)28-3)22-16(24)12-23-11-7-10-15(23)14-8-5-4-6-9-14/h4-6,8-9,15H,7,10-12H2,1-3H3,(H,22,24). The number of amides is 1. The fourth-order valence-electron chi connectivity index (χ4n) is 3.66. The van der Waals surface area contributed by atoms with E-state index in [0.29, 0.717) is 10.6 Å². The van der Waals surface area contributed by atoms with E-state index in [2.05, 4.69) is 22.3 Å². The molecule has 1 aliphatic heterocycles. The Morgan fingerprint density at radius 2 is 1.83 bits per heavy atom. The quantitative estimate of drug-likeness (QED) is 0.727. The zero-order valence-corrected chi connectivity index (χ0v) is 17.5. The molecule has 0 spiro atoms. The fraction of sp³-hybridized carbons (Fsp3) is 0.381. The summed E-state index contributed by atoms with van der Waals surface area (Å²) in [6.45, 7) is 2.66. The van der Waals surface area contributed by atoms with Crippen LogP contribution >= 0.6 is 11.3 Å². The Morgan fingerprint density at radius 3 is 2.48 bits per heavy atom. The molecule has 2 heterocycles. The number of hydrogen-bond donors (Lipinski definition) is 1. The minimum Gasteiger partial charge on any atom is -0.465 e. The number of ether oxygens (including phenoxy) is 2. The van der Waals surface area contributed by atoms with Crippen LogP contribution in [0.5, 0.6) is 0 Å². The van der Waals surface area contributed by atoms with Gasteiger partial charge in [-0.1, -0.05) is 30.3 Å². The molecule has 1 fully saturated rings. The predicted molar refractivity (Wildman–Crippen MR) is 110 cm³/mol. The molecule has 1 atom stereocenters. The van der Waals surface area contributed by atoms with E-state index in [1.165, 1.54) is 19.8 Å². The van der Waals surface area contributed by atoms with Gasteiger partial charge >= 0.3 is 11.9 Å². The van der Waals surface area contributed by atoms with Crippen molar-refractivity contribution < 1.29 is 23.9 Å². The van der Waals surface area contributed by atoms with Crippen LogP contribution in [0.15, 0.2) is 30.3 Å². The van der Waals surface area contributed by atoms with Crippen molar-refractivity contribution in [3.8, 4) is 0 Å². The Labute approximate surface area is 173 Å². The Bertz CT molecular complexity index is 909. The summed E-state index contributed by atoms with van der Waals surface area (Å²) < 4.78 is 9.60. The first kappa shape index (κ1) is 21.0. The zero-order valence-electron chi connectivity index (χ0n) is 16.7. The minimum absolute atomic E-state index is 0.187. The number of likely N-dealkylation sites (tertiary alicyclic amines) is 1. The monoisotopic (exact) mass is 416 g/mol. The first-order valence-electron chi connectivity index (χ1n) is 9.35. The molecule has 2 aromatic rings. The maximum Gasteiger partial charge on any atom is 0.348 e. The van der Waals surface area contributed by atoms with Gasteiger partial charge in [-0.3, -0.25) is 9.69 Å². The number of carbonyl (C=O) groups is 3. The molecular weight excluding hydrogens is 392 g/mol. The fourth-order valence-corrected chi connectivity index (χ4v) is 4.78. The molecule has 0 radical (unpaired) electrons. The number of rotatable bonds is 6. The summed E-state index contributed by atoms with van der Waals surface area (Å²) in [6, 6.07) is 10.3. The van der Waals surface area contributed by atoms with Crippen molar-refractivity contribution in [1.29, 1.82) is 0 Å². The third-order valence-corrected chi connectivity index (χ3v) is 6.24. The molecule has 1 N–H and O–H groups in total. The number of nitrogens with one attached hydrogen (secondary N) is 1. The summed E-state index contributed by atoms with van der Waals surface area (Å²) in [5.74, 6) is -1.40. The number of carbonyl (C=O) groups excluding carboxylic acids is 3. The Kier molecular flexibility index (Phi) is 6.66. The summed E-state index contributed by atoms with van der Waals surface area (Å²) in [6.07, 6.45) is 2.01. The van der Waals surface area contributed by atoms with Gasteiger partial charge in [0, 0.05) is 6.04 Å². The van der Waals surface area contributed by atoms with Crippen LogP contribution < -0.4 is 5.32 Å². The summed E-state index contributed by atoms with van der Waals surface area (Å²) in [5, 5.41) is 3.10. The second kappa shape index (κ2) is 9.19. The average molecular weight is 416 g/mol. The normalized spacial score (nSPS) is 16.4. The Hall–Kier alpha value is -2.71. The third-order valence-electron chi connectivity index (χ3n) is 5.05. The molecule has 29 heavy (non-hydrogen) atoms. The molecule has 0 bridgehead atoms. The molecule has 154 valence electrons. The lowest BCUT2D eigenvalue weighted by Gasteiger charge is -2.24. The van der Waals surface area contributed by atoms with Crippen molar-refractivity contribution in [3.63, 3.8) is 0 Å². The number of anilines is 1. The highest BCUT2D eigenvalue weighted by Gasteiger charge is 2.30. The van der Waals surface area contributed by atoms with E-state index in [1.54, 1.807) is 6.92 Å². The predicted octanol–water partition coefficient (Wildman–Crippen LogP) is 3.41. The van der Waals surface area contributed by atoms with Crippen molar-refractivity contribution >= 4 is 34.2 Å². The van der Waals surface area contributed by atoms with Gasteiger partial charge in [0.1, 0.15) is 9.88 Å². The van der Waals surface area contributed by atoms with Gasteiger partial charge in [-0.15, -0.1) is 11.3 Å². The first-order chi connectivity index (χ1) is 14.0. The molecule has 1 aromatic carbocycles. The third kappa shape index (κ3) is 4.49. The molecule has 8 heteroatoms. The number of esters is 2. The molecule has 7 nitrogen and oxygen atoms in total. The van der Waals surface area contributed by atoms with E-state index in [-0.39, 0.29) is 28.9 Å². The summed E-state index contributed by atoms with van der Waals surface area (Å²) in [7, 11) is 2.53. The molecule has 1 amide bonds. The van der Waals surface area contributed by atoms with Crippen molar-refractivity contribution in [2.45, 2.75) is 25.8 Å². The minimum atomic E-state index is -0.604. The van der Waals surface area contributed by atoms with Gasteiger partial charge in [0.2, 0.25) is 5.91 Å². The number of thiophene rings is 1. The van der Waals surface area contributed by atoms with Crippen LogP contribution in [0.2, 0.25) is 0 Å². The molecule has 1 aromatic heterocycles. The highest BCUT2D eigenvalue weighted by molar-refractivity contribution is 7.18. The zero-order chi connectivity index (χ0) is 21.0. The molecule has 1 aliphatic rings.